The number of morpholine rings is 1. The molecule has 5 nitrogen and oxygen atoms in total. The summed E-state index contributed by atoms with van der Waals surface area (Å²) >= 11 is 0. The molecule has 0 amide bonds. The molecule has 0 atom stereocenters. The van der Waals surface area contributed by atoms with Crippen molar-refractivity contribution < 1.29 is 14.2 Å². The van der Waals surface area contributed by atoms with Gasteiger partial charge in [0.15, 0.2) is 0 Å². The van der Waals surface area contributed by atoms with Crippen molar-refractivity contribution in [2.24, 2.45) is 0 Å². The summed E-state index contributed by atoms with van der Waals surface area (Å²) in [5, 5.41) is 3.46. The molecule has 1 heterocycles. The second-order valence-corrected chi connectivity index (χ2v) is 4.81. The standard InChI is InChI=1S/C15H24N2O3/c1-18-14-3-4-15(19-2)13(11-14)12-16-5-6-17-7-9-20-10-8-17/h3-4,11,16H,5-10,12H2,1-2H3. The normalized spacial score (nSPS) is 16.1. The fraction of sp³-hybridized carbons (Fsp3) is 0.600. The zero-order chi connectivity index (χ0) is 14.2. The van der Waals surface area contributed by atoms with Gasteiger partial charge in [-0.3, -0.25) is 4.90 Å². The molecule has 1 aromatic rings. The lowest BCUT2D eigenvalue weighted by Gasteiger charge is -2.26. The molecule has 20 heavy (non-hydrogen) atoms. The van der Waals surface area contributed by atoms with Crippen LogP contribution in [0.1, 0.15) is 5.56 Å². The van der Waals surface area contributed by atoms with E-state index in [4.69, 9.17) is 14.2 Å². The number of nitrogens with one attached hydrogen (secondary N) is 1. The Hall–Kier alpha value is -1.30. The predicted octanol–water partition coefficient (Wildman–Crippen LogP) is 1.13. The van der Waals surface area contributed by atoms with Crippen LogP contribution in [0, 0.1) is 0 Å². The van der Waals surface area contributed by atoms with Gasteiger partial charge in [0.25, 0.3) is 0 Å². The molecule has 0 bridgehead atoms. The summed E-state index contributed by atoms with van der Waals surface area (Å²) in [5.41, 5.74) is 1.12. The second-order valence-electron chi connectivity index (χ2n) is 4.81. The molecule has 1 saturated heterocycles. The van der Waals surface area contributed by atoms with E-state index in [0.29, 0.717) is 0 Å². The number of hydrogen-bond donors (Lipinski definition) is 1. The first-order valence-electron chi connectivity index (χ1n) is 7.05. The van der Waals surface area contributed by atoms with Gasteiger partial charge in [0.2, 0.25) is 0 Å². The van der Waals surface area contributed by atoms with E-state index in [2.05, 4.69) is 10.2 Å². The average molecular weight is 280 g/mol. The number of ether oxygens (including phenoxy) is 3. The highest BCUT2D eigenvalue weighted by molar-refractivity contribution is 5.40. The molecule has 0 saturated carbocycles. The highest BCUT2D eigenvalue weighted by atomic mass is 16.5. The van der Waals surface area contributed by atoms with Crippen LogP contribution >= 0.6 is 0 Å². The maximum Gasteiger partial charge on any atom is 0.123 e. The third-order valence-electron chi connectivity index (χ3n) is 3.51. The minimum atomic E-state index is 0.782. The van der Waals surface area contributed by atoms with E-state index >= 15 is 0 Å². The molecule has 1 N–H and O–H groups in total. The van der Waals surface area contributed by atoms with Crippen LogP contribution in [0.5, 0.6) is 11.5 Å². The number of nitrogens with zero attached hydrogens (tertiary/aromatic N) is 1. The lowest BCUT2D eigenvalue weighted by atomic mass is 10.2. The number of benzene rings is 1. The van der Waals surface area contributed by atoms with Crippen molar-refractivity contribution in [2.75, 3.05) is 53.6 Å². The Morgan fingerprint density at radius 1 is 1.20 bits per heavy atom. The average Bonchev–Trinajstić information content (AvgIpc) is 2.52. The van der Waals surface area contributed by atoms with Crippen LogP contribution in [0.15, 0.2) is 18.2 Å². The van der Waals surface area contributed by atoms with E-state index in [-0.39, 0.29) is 0 Å². The topological polar surface area (TPSA) is 43.0 Å². The minimum Gasteiger partial charge on any atom is -0.497 e. The number of rotatable bonds is 7. The largest absolute Gasteiger partial charge is 0.497 e. The van der Waals surface area contributed by atoms with Crippen LogP contribution in [-0.2, 0) is 11.3 Å². The van der Waals surface area contributed by atoms with E-state index in [1.54, 1.807) is 14.2 Å². The molecule has 0 radical (unpaired) electrons. The smallest absolute Gasteiger partial charge is 0.123 e. The number of hydrogen-bond acceptors (Lipinski definition) is 5. The van der Waals surface area contributed by atoms with Gasteiger partial charge in [-0.05, 0) is 18.2 Å². The Morgan fingerprint density at radius 3 is 2.70 bits per heavy atom. The van der Waals surface area contributed by atoms with Crippen molar-refractivity contribution in [1.82, 2.24) is 10.2 Å². The van der Waals surface area contributed by atoms with E-state index in [0.717, 1.165) is 63.0 Å². The maximum absolute atomic E-state index is 5.37. The monoisotopic (exact) mass is 280 g/mol. The molecule has 1 aromatic carbocycles. The first-order chi connectivity index (χ1) is 9.83. The van der Waals surface area contributed by atoms with Crippen molar-refractivity contribution in [2.45, 2.75) is 6.54 Å². The summed E-state index contributed by atoms with van der Waals surface area (Å²) in [7, 11) is 3.37. The van der Waals surface area contributed by atoms with Gasteiger partial charge in [-0.25, -0.2) is 0 Å². The van der Waals surface area contributed by atoms with E-state index in [1.165, 1.54) is 0 Å². The van der Waals surface area contributed by atoms with Crippen LogP contribution in [0.3, 0.4) is 0 Å². The van der Waals surface area contributed by atoms with Gasteiger partial charge < -0.3 is 19.5 Å². The summed E-state index contributed by atoms with van der Waals surface area (Å²) in [4.78, 5) is 2.42. The van der Waals surface area contributed by atoms with Crippen molar-refractivity contribution >= 4 is 0 Å². The van der Waals surface area contributed by atoms with Gasteiger partial charge in [0, 0.05) is 38.3 Å². The molecular weight excluding hydrogens is 256 g/mol. The Bertz CT molecular complexity index is 406. The zero-order valence-electron chi connectivity index (χ0n) is 12.4. The van der Waals surface area contributed by atoms with Crippen molar-refractivity contribution in [3.63, 3.8) is 0 Å². The first kappa shape index (κ1) is 15.1. The van der Waals surface area contributed by atoms with Crippen LogP contribution in [-0.4, -0.2) is 58.5 Å². The molecular formula is C15H24N2O3. The Kier molecular flexibility index (Phi) is 6.11. The van der Waals surface area contributed by atoms with E-state index in [9.17, 15) is 0 Å². The molecule has 2 rings (SSSR count). The fourth-order valence-corrected chi connectivity index (χ4v) is 2.31. The summed E-state index contributed by atoms with van der Waals surface area (Å²) in [6, 6.07) is 5.87. The van der Waals surface area contributed by atoms with E-state index < -0.39 is 0 Å². The first-order valence-corrected chi connectivity index (χ1v) is 7.05. The quantitative estimate of drug-likeness (QED) is 0.758. The highest BCUT2D eigenvalue weighted by Gasteiger charge is 2.09. The zero-order valence-corrected chi connectivity index (χ0v) is 12.4. The molecule has 0 spiro atoms. The van der Waals surface area contributed by atoms with Crippen LogP contribution in [0.25, 0.3) is 0 Å². The third-order valence-corrected chi connectivity index (χ3v) is 3.51. The molecule has 1 aliphatic heterocycles. The van der Waals surface area contributed by atoms with Gasteiger partial charge in [0.05, 0.1) is 27.4 Å². The SMILES string of the molecule is COc1ccc(OC)c(CNCCN2CCOCC2)c1. The van der Waals surface area contributed by atoms with Gasteiger partial charge in [-0.15, -0.1) is 0 Å². The van der Waals surface area contributed by atoms with Crippen LogP contribution < -0.4 is 14.8 Å². The van der Waals surface area contributed by atoms with Crippen molar-refractivity contribution in [3.8, 4) is 11.5 Å². The van der Waals surface area contributed by atoms with Gasteiger partial charge in [0.1, 0.15) is 11.5 Å². The summed E-state index contributed by atoms with van der Waals surface area (Å²) in [6.45, 7) is 6.56. The molecule has 1 aliphatic rings. The molecule has 0 unspecified atom stereocenters. The molecule has 112 valence electrons. The Labute approximate surface area is 120 Å². The van der Waals surface area contributed by atoms with Crippen molar-refractivity contribution in [1.29, 1.82) is 0 Å². The van der Waals surface area contributed by atoms with Crippen molar-refractivity contribution in [3.05, 3.63) is 23.8 Å². The second kappa shape index (κ2) is 8.09. The number of methoxy groups -OCH3 is 2. The molecule has 0 aliphatic carbocycles. The van der Waals surface area contributed by atoms with E-state index in [1.807, 2.05) is 18.2 Å². The molecule has 5 heteroatoms. The molecule has 1 fully saturated rings. The summed E-state index contributed by atoms with van der Waals surface area (Å²) < 4.78 is 16.0. The molecule has 0 aromatic heterocycles. The lowest BCUT2D eigenvalue weighted by Crippen LogP contribution is -2.40. The maximum atomic E-state index is 5.37. The predicted molar refractivity (Wildman–Crippen MR) is 78.5 cm³/mol. The van der Waals surface area contributed by atoms with Crippen LogP contribution in [0.4, 0.5) is 0 Å². The Morgan fingerprint density at radius 2 is 2.00 bits per heavy atom. The minimum absolute atomic E-state index is 0.782. The summed E-state index contributed by atoms with van der Waals surface area (Å²) in [5.74, 6) is 1.75. The van der Waals surface area contributed by atoms with Gasteiger partial charge in [-0.1, -0.05) is 0 Å². The summed E-state index contributed by atoms with van der Waals surface area (Å²) in [6.07, 6.45) is 0. The van der Waals surface area contributed by atoms with Gasteiger partial charge in [-0.2, -0.15) is 0 Å². The third kappa shape index (κ3) is 4.37. The fourth-order valence-electron chi connectivity index (χ4n) is 2.31. The lowest BCUT2D eigenvalue weighted by molar-refractivity contribution is 0.0384. The highest BCUT2D eigenvalue weighted by Crippen LogP contribution is 2.23. The van der Waals surface area contributed by atoms with Crippen LogP contribution in [0.2, 0.25) is 0 Å². The van der Waals surface area contributed by atoms with Gasteiger partial charge >= 0.3 is 0 Å². The Balaban J connectivity index is 1.77.